The molecule has 1 aromatic carbocycles. The van der Waals surface area contributed by atoms with E-state index in [-0.39, 0.29) is 17.4 Å². The number of benzene rings is 1. The average molecular weight is 283 g/mol. The third-order valence-electron chi connectivity index (χ3n) is 3.27. The summed E-state index contributed by atoms with van der Waals surface area (Å²) in [6.07, 6.45) is 0.823. The Morgan fingerprint density at radius 1 is 1.25 bits per heavy atom. The summed E-state index contributed by atoms with van der Waals surface area (Å²) >= 11 is 0. The van der Waals surface area contributed by atoms with Crippen molar-refractivity contribution >= 4 is 5.95 Å². The smallest absolute Gasteiger partial charge is 0.245 e. The van der Waals surface area contributed by atoms with Crippen LogP contribution in [0.1, 0.15) is 6.42 Å². The van der Waals surface area contributed by atoms with E-state index in [0.717, 1.165) is 18.6 Å². The van der Waals surface area contributed by atoms with Gasteiger partial charge in [0.15, 0.2) is 23.3 Å². The molecule has 1 saturated heterocycles. The van der Waals surface area contributed by atoms with Crippen LogP contribution >= 0.6 is 0 Å². The number of aromatic amines is 1. The number of anilines is 1. The zero-order valence-electron chi connectivity index (χ0n) is 10.4. The van der Waals surface area contributed by atoms with Crippen molar-refractivity contribution in [3.63, 3.8) is 0 Å². The van der Waals surface area contributed by atoms with Crippen molar-refractivity contribution in [3.8, 4) is 11.4 Å². The molecule has 106 valence electrons. The van der Waals surface area contributed by atoms with E-state index in [1.807, 2.05) is 4.90 Å². The molecule has 1 aromatic heterocycles. The van der Waals surface area contributed by atoms with Crippen LogP contribution in [0.25, 0.3) is 11.4 Å². The first kappa shape index (κ1) is 12.9. The third kappa shape index (κ3) is 2.11. The van der Waals surface area contributed by atoms with E-state index in [2.05, 4.69) is 15.2 Å². The van der Waals surface area contributed by atoms with Gasteiger partial charge in [0.2, 0.25) is 5.95 Å². The lowest BCUT2D eigenvalue weighted by Crippen LogP contribution is -2.26. The standard InChI is InChI=1S/C12H12F3N5/c13-8-2-1-7(9(14)10(8)15)11-17-12(19-18-11)20-4-3-6(16)5-20/h1-2,6H,3-5,16H2,(H,17,18,19). The minimum Gasteiger partial charge on any atom is -0.338 e. The molecule has 1 fully saturated rings. The van der Waals surface area contributed by atoms with Gasteiger partial charge in [0.25, 0.3) is 0 Å². The zero-order chi connectivity index (χ0) is 14.3. The second kappa shape index (κ2) is 4.78. The normalized spacial score (nSPS) is 18.8. The highest BCUT2D eigenvalue weighted by molar-refractivity contribution is 5.57. The first-order valence-corrected chi connectivity index (χ1v) is 6.13. The number of rotatable bonds is 2. The average Bonchev–Trinajstić information content (AvgIpc) is 3.05. The SMILES string of the molecule is NC1CCN(c2n[nH]c(-c3ccc(F)c(F)c3F)n2)C1. The van der Waals surface area contributed by atoms with Crippen LogP contribution < -0.4 is 10.6 Å². The fraction of sp³-hybridized carbons (Fsp3) is 0.333. The van der Waals surface area contributed by atoms with E-state index < -0.39 is 17.5 Å². The Bertz CT molecular complexity index is 642. The predicted molar refractivity (Wildman–Crippen MR) is 66.5 cm³/mol. The van der Waals surface area contributed by atoms with Crippen molar-refractivity contribution in [2.24, 2.45) is 5.73 Å². The lowest BCUT2D eigenvalue weighted by molar-refractivity contribution is 0.448. The number of hydrogen-bond donors (Lipinski definition) is 2. The molecule has 0 spiro atoms. The molecule has 0 radical (unpaired) electrons. The van der Waals surface area contributed by atoms with Crippen LogP contribution in [0.3, 0.4) is 0 Å². The quantitative estimate of drug-likeness (QED) is 0.818. The number of hydrogen-bond acceptors (Lipinski definition) is 4. The van der Waals surface area contributed by atoms with Crippen molar-refractivity contribution in [1.82, 2.24) is 15.2 Å². The molecule has 20 heavy (non-hydrogen) atoms. The molecule has 1 aliphatic heterocycles. The molecule has 0 saturated carbocycles. The van der Waals surface area contributed by atoms with Gasteiger partial charge in [0, 0.05) is 19.1 Å². The predicted octanol–water partition coefficient (Wildman–Crippen LogP) is 1.43. The van der Waals surface area contributed by atoms with Crippen molar-refractivity contribution < 1.29 is 13.2 Å². The largest absolute Gasteiger partial charge is 0.338 e. The lowest BCUT2D eigenvalue weighted by atomic mass is 10.2. The minimum atomic E-state index is -1.52. The molecule has 0 bridgehead atoms. The number of nitrogens with one attached hydrogen (secondary N) is 1. The number of halogens is 3. The van der Waals surface area contributed by atoms with E-state index in [1.165, 1.54) is 0 Å². The van der Waals surface area contributed by atoms with Crippen LogP contribution in [0.15, 0.2) is 12.1 Å². The van der Waals surface area contributed by atoms with Crippen molar-refractivity contribution in [2.45, 2.75) is 12.5 Å². The van der Waals surface area contributed by atoms with Gasteiger partial charge in [-0.1, -0.05) is 0 Å². The molecule has 3 N–H and O–H groups in total. The molecule has 1 aliphatic rings. The highest BCUT2D eigenvalue weighted by atomic mass is 19.2. The second-order valence-electron chi connectivity index (χ2n) is 4.70. The topological polar surface area (TPSA) is 70.8 Å². The maximum Gasteiger partial charge on any atom is 0.245 e. The first-order chi connectivity index (χ1) is 9.56. The van der Waals surface area contributed by atoms with Gasteiger partial charge in [-0.25, -0.2) is 13.2 Å². The highest BCUT2D eigenvalue weighted by Crippen LogP contribution is 2.25. The summed E-state index contributed by atoms with van der Waals surface area (Å²) in [6.45, 7) is 1.32. The molecule has 8 heteroatoms. The summed E-state index contributed by atoms with van der Waals surface area (Å²) in [5.41, 5.74) is 5.62. The molecular formula is C12H12F3N5. The molecule has 2 heterocycles. The summed E-state index contributed by atoms with van der Waals surface area (Å²) < 4.78 is 39.7. The maximum atomic E-state index is 13.7. The van der Waals surface area contributed by atoms with Crippen LogP contribution in [-0.2, 0) is 0 Å². The molecule has 1 atom stereocenters. The molecule has 2 aromatic rings. The fourth-order valence-electron chi connectivity index (χ4n) is 2.19. The van der Waals surface area contributed by atoms with Gasteiger partial charge in [-0.2, -0.15) is 4.98 Å². The highest BCUT2D eigenvalue weighted by Gasteiger charge is 2.24. The Balaban J connectivity index is 1.92. The number of nitrogens with zero attached hydrogens (tertiary/aromatic N) is 3. The summed E-state index contributed by atoms with van der Waals surface area (Å²) in [5.74, 6) is -3.63. The Labute approximate surface area is 112 Å². The first-order valence-electron chi connectivity index (χ1n) is 6.13. The molecule has 3 rings (SSSR count). The van der Waals surface area contributed by atoms with Crippen molar-refractivity contribution in [3.05, 3.63) is 29.6 Å². The monoisotopic (exact) mass is 283 g/mol. The maximum absolute atomic E-state index is 13.7. The Kier molecular flexibility index (Phi) is 3.09. The summed E-state index contributed by atoms with van der Waals surface area (Å²) in [7, 11) is 0. The van der Waals surface area contributed by atoms with Crippen molar-refractivity contribution in [1.29, 1.82) is 0 Å². The number of aromatic nitrogens is 3. The van der Waals surface area contributed by atoms with E-state index in [0.29, 0.717) is 19.0 Å². The van der Waals surface area contributed by atoms with Crippen LogP contribution in [0.5, 0.6) is 0 Å². The van der Waals surface area contributed by atoms with Crippen LogP contribution in [-0.4, -0.2) is 34.3 Å². The molecule has 0 aliphatic carbocycles. The Morgan fingerprint density at radius 2 is 2.05 bits per heavy atom. The van der Waals surface area contributed by atoms with Crippen LogP contribution in [0.2, 0.25) is 0 Å². The van der Waals surface area contributed by atoms with Gasteiger partial charge in [-0.3, -0.25) is 5.10 Å². The van der Waals surface area contributed by atoms with Crippen LogP contribution in [0, 0.1) is 17.5 Å². The third-order valence-corrected chi connectivity index (χ3v) is 3.27. The lowest BCUT2D eigenvalue weighted by Gasteiger charge is -2.11. The van der Waals surface area contributed by atoms with Gasteiger partial charge >= 0.3 is 0 Å². The number of H-pyrrole nitrogens is 1. The van der Waals surface area contributed by atoms with E-state index in [4.69, 9.17) is 5.73 Å². The summed E-state index contributed by atoms with van der Waals surface area (Å²) in [4.78, 5) is 5.95. The zero-order valence-corrected chi connectivity index (χ0v) is 10.4. The summed E-state index contributed by atoms with van der Waals surface area (Å²) in [5, 5.41) is 6.48. The fourth-order valence-corrected chi connectivity index (χ4v) is 2.19. The van der Waals surface area contributed by atoms with Gasteiger partial charge in [-0.05, 0) is 18.6 Å². The Hall–Kier alpha value is -2.09. The molecule has 5 nitrogen and oxygen atoms in total. The summed E-state index contributed by atoms with van der Waals surface area (Å²) in [6, 6.07) is 2.02. The molecule has 1 unspecified atom stereocenters. The van der Waals surface area contributed by atoms with Gasteiger partial charge in [-0.15, -0.1) is 5.10 Å². The van der Waals surface area contributed by atoms with Gasteiger partial charge in [0.05, 0.1) is 5.56 Å². The second-order valence-corrected chi connectivity index (χ2v) is 4.70. The van der Waals surface area contributed by atoms with Gasteiger partial charge in [0.1, 0.15) is 0 Å². The molecular weight excluding hydrogens is 271 g/mol. The van der Waals surface area contributed by atoms with E-state index in [1.54, 1.807) is 0 Å². The van der Waals surface area contributed by atoms with E-state index >= 15 is 0 Å². The minimum absolute atomic E-state index is 0.0527. The number of nitrogens with two attached hydrogens (primary N) is 1. The molecule has 0 amide bonds. The van der Waals surface area contributed by atoms with Crippen molar-refractivity contribution in [2.75, 3.05) is 18.0 Å². The Morgan fingerprint density at radius 3 is 2.75 bits per heavy atom. The van der Waals surface area contributed by atoms with Crippen LogP contribution in [0.4, 0.5) is 19.1 Å². The van der Waals surface area contributed by atoms with E-state index in [9.17, 15) is 13.2 Å². The van der Waals surface area contributed by atoms with Gasteiger partial charge < -0.3 is 10.6 Å².